The minimum absolute atomic E-state index is 0.275. The zero-order valence-electron chi connectivity index (χ0n) is 18.3. The summed E-state index contributed by atoms with van der Waals surface area (Å²) in [5, 5.41) is 0. The predicted molar refractivity (Wildman–Crippen MR) is 109 cm³/mol. The quantitative estimate of drug-likeness (QED) is 0.349. The van der Waals surface area contributed by atoms with E-state index in [2.05, 4.69) is 6.92 Å². The molecule has 176 valence electrons. The van der Waals surface area contributed by atoms with Crippen LogP contribution in [0.4, 0.5) is 22.0 Å². The molecule has 3 saturated carbocycles. The van der Waals surface area contributed by atoms with Crippen molar-refractivity contribution >= 4 is 0 Å². The Morgan fingerprint density at radius 3 is 1.67 bits per heavy atom. The second kappa shape index (κ2) is 11.0. The van der Waals surface area contributed by atoms with E-state index in [1.807, 2.05) is 0 Å². The predicted octanol–water partition coefficient (Wildman–Crippen LogP) is 7.97. The lowest BCUT2D eigenvalue weighted by atomic mass is 9.68. The summed E-state index contributed by atoms with van der Waals surface area (Å²) in [6.45, 7) is 2.26. The van der Waals surface area contributed by atoms with E-state index < -0.39 is 50.0 Å². The van der Waals surface area contributed by atoms with Gasteiger partial charge in [-0.3, -0.25) is 0 Å². The van der Waals surface area contributed by atoms with Crippen LogP contribution in [0.3, 0.4) is 0 Å². The van der Waals surface area contributed by atoms with Crippen LogP contribution in [0.25, 0.3) is 0 Å². The van der Waals surface area contributed by atoms with Crippen molar-refractivity contribution in [3.63, 3.8) is 0 Å². The number of hydrogen-bond donors (Lipinski definition) is 0. The first-order valence-corrected chi connectivity index (χ1v) is 12.2. The highest BCUT2D eigenvalue weighted by atomic mass is 19.3. The van der Waals surface area contributed by atoms with Crippen LogP contribution in [0, 0.1) is 23.7 Å². The van der Waals surface area contributed by atoms with Gasteiger partial charge in [-0.2, -0.15) is 8.78 Å². The molecule has 0 N–H and O–H groups in total. The van der Waals surface area contributed by atoms with Crippen LogP contribution in [0.2, 0.25) is 0 Å². The molecule has 6 heteroatoms. The van der Waals surface area contributed by atoms with Gasteiger partial charge in [0.05, 0.1) is 6.10 Å². The van der Waals surface area contributed by atoms with Gasteiger partial charge < -0.3 is 4.74 Å². The Labute approximate surface area is 178 Å². The van der Waals surface area contributed by atoms with Crippen molar-refractivity contribution in [2.45, 2.75) is 128 Å². The third-order valence-corrected chi connectivity index (χ3v) is 8.00. The summed E-state index contributed by atoms with van der Waals surface area (Å²) < 4.78 is 73.2. The van der Waals surface area contributed by atoms with E-state index >= 15 is 0 Å². The average molecular weight is 439 g/mol. The molecule has 0 aromatic heterocycles. The van der Waals surface area contributed by atoms with Crippen molar-refractivity contribution < 1.29 is 26.7 Å². The summed E-state index contributed by atoms with van der Waals surface area (Å²) in [5.74, 6) is 2.75. The molecule has 2 atom stereocenters. The Kier molecular flexibility index (Phi) is 8.86. The van der Waals surface area contributed by atoms with E-state index in [1.165, 1.54) is 38.5 Å². The van der Waals surface area contributed by atoms with Crippen molar-refractivity contribution in [2.24, 2.45) is 23.7 Å². The molecule has 2 unspecified atom stereocenters. The molecule has 0 bridgehead atoms. The first-order chi connectivity index (χ1) is 14.3. The smallest absolute Gasteiger partial charge is 0.317 e. The Bertz CT molecular complexity index is 488. The Hall–Kier alpha value is -0.390. The summed E-state index contributed by atoms with van der Waals surface area (Å²) in [6.07, 6.45) is 0.173. The highest BCUT2D eigenvalue weighted by Crippen LogP contribution is 2.44. The molecular formula is C24H39F5O. The maximum atomic E-state index is 14.2. The zero-order valence-corrected chi connectivity index (χ0v) is 18.3. The third-order valence-electron chi connectivity index (χ3n) is 8.00. The molecule has 0 amide bonds. The van der Waals surface area contributed by atoms with Gasteiger partial charge in [0.15, 0.2) is 6.17 Å². The molecule has 3 aliphatic rings. The minimum Gasteiger partial charge on any atom is -0.317 e. The first-order valence-electron chi connectivity index (χ1n) is 12.2. The van der Waals surface area contributed by atoms with E-state index in [-0.39, 0.29) is 5.92 Å². The van der Waals surface area contributed by atoms with E-state index in [9.17, 15) is 22.0 Å². The van der Waals surface area contributed by atoms with Gasteiger partial charge in [0.25, 0.3) is 0 Å². The highest BCUT2D eigenvalue weighted by molar-refractivity contribution is 4.88. The van der Waals surface area contributed by atoms with Crippen molar-refractivity contribution in [1.82, 2.24) is 0 Å². The van der Waals surface area contributed by atoms with Gasteiger partial charge in [0, 0.05) is 19.3 Å². The molecule has 0 aliphatic heterocycles. The molecule has 1 nitrogen and oxygen atoms in total. The fraction of sp³-hybridized carbons (Fsp3) is 1.00. The van der Waals surface area contributed by atoms with Crippen LogP contribution in [0.5, 0.6) is 0 Å². The number of alkyl halides is 5. The van der Waals surface area contributed by atoms with Crippen molar-refractivity contribution in [3.05, 3.63) is 0 Å². The van der Waals surface area contributed by atoms with Crippen molar-refractivity contribution in [1.29, 1.82) is 0 Å². The second-order valence-electron chi connectivity index (χ2n) is 10.2. The molecular weight excluding hydrogens is 399 g/mol. The average Bonchev–Trinajstić information content (AvgIpc) is 2.71. The van der Waals surface area contributed by atoms with Gasteiger partial charge in [-0.25, -0.2) is 13.2 Å². The lowest BCUT2D eigenvalue weighted by Gasteiger charge is -2.38. The Balaban J connectivity index is 1.35. The fourth-order valence-electron chi connectivity index (χ4n) is 6.16. The van der Waals surface area contributed by atoms with Crippen molar-refractivity contribution in [3.8, 4) is 0 Å². The van der Waals surface area contributed by atoms with E-state index in [0.29, 0.717) is 6.42 Å². The van der Waals surface area contributed by atoms with E-state index in [4.69, 9.17) is 4.74 Å². The van der Waals surface area contributed by atoms with Crippen molar-refractivity contribution in [2.75, 3.05) is 0 Å². The maximum Gasteiger partial charge on any atom is 0.355 e. The van der Waals surface area contributed by atoms with Gasteiger partial charge in [-0.05, 0) is 55.8 Å². The first kappa shape index (κ1) is 24.3. The second-order valence-corrected chi connectivity index (χ2v) is 10.2. The van der Waals surface area contributed by atoms with Crippen LogP contribution < -0.4 is 0 Å². The van der Waals surface area contributed by atoms with Gasteiger partial charge in [0.1, 0.15) is 12.3 Å². The van der Waals surface area contributed by atoms with Gasteiger partial charge >= 0.3 is 6.11 Å². The van der Waals surface area contributed by atoms with Crippen LogP contribution in [-0.2, 0) is 4.74 Å². The third kappa shape index (κ3) is 6.80. The molecule has 0 spiro atoms. The molecule has 3 fully saturated rings. The molecule has 0 heterocycles. The van der Waals surface area contributed by atoms with E-state index in [1.54, 1.807) is 0 Å². The maximum absolute atomic E-state index is 14.2. The van der Waals surface area contributed by atoms with Crippen LogP contribution in [-0.4, -0.2) is 30.7 Å². The zero-order chi connectivity index (χ0) is 21.7. The minimum atomic E-state index is -3.40. The van der Waals surface area contributed by atoms with Gasteiger partial charge in [0.2, 0.25) is 0 Å². The normalized spacial score (nSPS) is 41.0. The van der Waals surface area contributed by atoms with Crippen LogP contribution >= 0.6 is 0 Å². The topological polar surface area (TPSA) is 9.23 Å². The largest absolute Gasteiger partial charge is 0.355 e. The molecule has 3 aliphatic carbocycles. The fourth-order valence-corrected chi connectivity index (χ4v) is 6.16. The van der Waals surface area contributed by atoms with E-state index in [0.717, 1.165) is 43.4 Å². The summed E-state index contributed by atoms with van der Waals surface area (Å²) >= 11 is 0. The number of ether oxygens (including phenoxy) is 1. The standard InChI is InChI=1S/C24H39F5O/c1-2-3-16-4-8-18(9-5-16)19-10-6-17(7-11-19)12-13-24(28,29)30-20-14-21(25)23(27)22(26)15-20/h16-23H,2-15H2,1H3. The van der Waals surface area contributed by atoms with Gasteiger partial charge in [-0.15, -0.1) is 0 Å². The summed E-state index contributed by atoms with van der Waals surface area (Å²) in [5.41, 5.74) is 0. The number of hydrogen-bond acceptors (Lipinski definition) is 1. The molecule has 3 rings (SSSR count). The van der Waals surface area contributed by atoms with Gasteiger partial charge in [-0.1, -0.05) is 45.4 Å². The molecule has 0 radical (unpaired) electrons. The summed E-state index contributed by atoms with van der Waals surface area (Å²) in [7, 11) is 0. The van der Waals surface area contributed by atoms with Crippen LogP contribution in [0.1, 0.15) is 96.8 Å². The molecule has 0 aromatic carbocycles. The van der Waals surface area contributed by atoms with Crippen LogP contribution in [0.15, 0.2) is 0 Å². The summed E-state index contributed by atoms with van der Waals surface area (Å²) in [4.78, 5) is 0. The lowest BCUT2D eigenvalue weighted by molar-refractivity contribution is -0.278. The SMILES string of the molecule is CCCC1CCC(C2CCC(CCC(F)(F)OC3CC(F)C(F)C(F)C3)CC2)CC1. The lowest BCUT2D eigenvalue weighted by Crippen LogP contribution is -2.43. The molecule has 30 heavy (non-hydrogen) atoms. The number of halogens is 5. The summed E-state index contributed by atoms with van der Waals surface area (Å²) in [6, 6.07) is 0. The Morgan fingerprint density at radius 1 is 0.733 bits per heavy atom. The highest BCUT2D eigenvalue weighted by Gasteiger charge is 2.43. The number of rotatable bonds is 8. The molecule has 0 aromatic rings. The molecule has 0 saturated heterocycles. The monoisotopic (exact) mass is 438 g/mol. The Morgan fingerprint density at radius 2 is 1.20 bits per heavy atom.